The Balaban J connectivity index is 1.67. The Morgan fingerprint density at radius 1 is 0.879 bits per heavy atom. The summed E-state index contributed by atoms with van der Waals surface area (Å²) < 4.78 is 5.02. The van der Waals surface area contributed by atoms with Crippen molar-refractivity contribution in [1.29, 1.82) is 0 Å². The second-order valence-corrected chi connectivity index (χ2v) is 8.04. The summed E-state index contributed by atoms with van der Waals surface area (Å²) in [5, 5.41) is 2.90. The van der Waals surface area contributed by atoms with Gasteiger partial charge in [-0.05, 0) is 29.3 Å². The lowest BCUT2D eigenvalue weighted by Crippen LogP contribution is -2.51. The minimum Gasteiger partial charge on any atom is -0.467 e. The van der Waals surface area contributed by atoms with Gasteiger partial charge in [0, 0.05) is 12.1 Å². The predicted octanol–water partition coefficient (Wildman–Crippen LogP) is 3.15. The lowest BCUT2D eigenvalue weighted by Gasteiger charge is -2.34. The highest BCUT2D eigenvalue weighted by Crippen LogP contribution is 2.47. The Labute approximate surface area is 190 Å². The third-order valence-electron chi connectivity index (χ3n) is 6.40. The van der Waals surface area contributed by atoms with Gasteiger partial charge >= 0.3 is 5.97 Å². The molecule has 1 N–H and O–H groups in total. The van der Waals surface area contributed by atoms with Crippen molar-refractivity contribution in [3.8, 4) is 0 Å². The van der Waals surface area contributed by atoms with E-state index in [0.29, 0.717) is 16.8 Å². The van der Waals surface area contributed by atoms with E-state index in [1.165, 1.54) is 7.11 Å². The Bertz CT molecular complexity index is 1270. The van der Waals surface area contributed by atoms with Gasteiger partial charge < -0.3 is 10.1 Å². The first-order valence-electron chi connectivity index (χ1n) is 10.5. The summed E-state index contributed by atoms with van der Waals surface area (Å²) in [5.41, 5.74) is 1.09. The molecule has 0 unspecified atom stereocenters. The van der Waals surface area contributed by atoms with Crippen LogP contribution in [0.25, 0.3) is 0 Å². The molecule has 0 saturated carbocycles. The molecule has 2 aliphatic heterocycles. The van der Waals surface area contributed by atoms with Crippen LogP contribution in [0.3, 0.4) is 0 Å². The van der Waals surface area contributed by atoms with Crippen LogP contribution in [-0.2, 0) is 19.7 Å². The molecule has 2 atom stereocenters. The van der Waals surface area contributed by atoms with E-state index in [2.05, 4.69) is 5.32 Å². The molecule has 33 heavy (non-hydrogen) atoms. The molecule has 164 valence electrons. The second-order valence-electron chi connectivity index (χ2n) is 8.04. The molecule has 0 aromatic heterocycles. The number of nitrogens with zero attached hydrogens (tertiary/aromatic N) is 1. The third-order valence-corrected chi connectivity index (χ3v) is 6.40. The van der Waals surface area contributed by atoms with Gasteiger partial charge in [-0.25, -0.2) is 4.79 Å². The molecule has 7 heteroatoms. The van der Waals surface area contributed by atoms with Crippen LogP contribution in [0.5, 0.6) is 0 Å². The van der Waals surface area contributed by atoms with E-state index in [-0.39, 0.29) is 23.5 Å². The summed E-state index contributed by atoms with van der Waals surface area (Å²) in [6.45, 7) is 0. The molecule has 0 bridgehead atoms. The van der Waals surface area contributed by atoms with Gasteiger partial charge in [-0.15, -0.1) is 0 Å². The van der Waals surface area contributed by atoms with E-state index < -0.39 is 29.2 Å². The zero-order valence-corrected chi connectivity index (χ0v) is 17.8. The SMILES string of the molecule is COC(=O)[C@H](C[C@]1(c2ccccc2)C(=O)Nc2ccccc21)N1C(=O)c2ccccc2C1=O. The summed E-state index contributed by atoms with van der Waals surface area (Å²) in [6.07, 6.45) is -0.155. The number of carbonyl (C=O) groups is 4. The largest absolute Gasteiger partial charge is 0.467 e. The summed E-state index contributed by atoms with van der Waals surface area (Å²) >= 11 is 0. The summed E-state index contributed by atoms with van der Waals surface area (Å²) in [6, 6.07) is 21.4. The van der Waals surface area contributed by atoms with E-state index in [1.807, 2.05) is 24.3 Å². The quantitative estimate of drug-likeness (QED) is 0.486. The molecule has 3 aromatic carbocycles. The van der Waals surface area contributed by atoms with Crippen LogP contribution in [0, 0.1) is 0 Å². The highest BCUT2D eigenvalue weighted by Gasteiger charge is 2.54. The first-order valence-corrected chi connectivity index (χ1v) is 10.5. The van der Waals surface area contributed by atoms with E-state index >= 15 is 0 Å². The number of hydrogen-bond donors (Lipinski definition) is 1. The van der Waals surface area contributed by atoms with Crippen molar-refractivity contribution in [3.63, 3.8) is 0 Å². The molecule has 0 aliphatic carbocycles. The molecular weight excluding hydrogens is 420 g/mol. The topological polar surface area (TPSA) is 92.8 Å². The maximum absolute atomic E-state index is 13.5. The van der Waals surface area contributed by atoms with Gasteiger partial charge in [0.25, 0.3) is 11.8 Å². The summed E-state index contributed by atoms with van der Waals surface area (Å²) in [4.78, 5) is 53.9. The molecule has 0 radical (unpaired) electrons. The zero-order chi connectivity index (χ0) is 23.2. The third kappa shape index (κ3) is 2.96. The molecule has 5 rings (SSSR count). The first-order chi connectivity index (χ1) is 16.0. The smallest absolute Gasteiger partial charge is 0.329 e. The number of amides is 3. The second kappa shape index (κ2) is 7.70. The van der Waals surface area contributed by atoms with Gasteiger partial charge in [0.2, 0.25) is 5.91 Å². The van der Waals surface area contributed by atoms with Crippen molar-refractivity contribution in [3.05, 3.63) is 101 Å². The van der Waals surface area contributed by atoms with Crippen LogP contribution >= 0.6 is 0 Å². The van der Waals surface area contributed by atoms with Crippen molar-refractivity contribution < 1.29 is 23.9 Å². The van der Waals surface area contributed by atoms with E-state index in [1.54, 1.807) is 54.6 Å². The molecule has 2 aliphatic rings. The van der Waals surface area contributed by atoms with Crippen LogP contribution in [0.4, 0.5) is 5.69 Å². The van der Waals surface area contributed by atoms with E-state index in [9.17, 15) is 19.2 Å². The highest BCUT2D eigenvalue weighted by molar-refractivity contribution is 6.23. The Morgan fingerprint density at radius 3 is 2.09 bits per heavy atom. The lowest BCUT2D eigenvalue weighted by molar-refractivity contribution is -0.146. The number of anilines is 1. The van der Waals surface area contributed by atoms with Crippen molar-refractivity contribution >= 4 is 29.4 Å². The number of methoxy groups -OCH3 is 1. The van der Waals surface area contributed by atoms with Crippen LogP contribution in [0.1, 0.15) is 38.3 Å². The fraction of sp³-hybridized carbons (Fsp3) is 0.154. The fourth-order valence-electron chi connectivity index (χ4n) is 4.84. The minimum absolute atomic E-state index is 0.155. The number of imide groups is 1. The van der Waals surface area contributed by atoms with Crippen molar-refractivity contribution in [2.75, 3.05) is 12.4 Å². The van der Waals surface area contributed by atoms with E-state index in [4.69, 9.17) is 4.74 Å². The average Bonchev–Trinajstić information content (AvgIpc) is 3.28. The Hall–Kier alpha value is -4.26. The number of esters is 1. The van der Waals surface area contributed by atoms with Gasteiger partial charge in [0.05, 0.1) is 18.2 Å². The number of hydrogen-bond acceptors (Lipinski definition) is 5. The first kappa shape index (κ1) is 20.6. The molecule has 0 fully saturated rings. The lowest BCUT2D eigenvalue weighted by atomic mass is 9.71. The number of ether oxygens (including phenoxy) is 1. The minimum atomic E-state index is -1.31. The van der Waals surface area contributed by atoms with Gasteiger partial charge in [0.15, 0.2) is 0 Å². The molecular formula is C26H20N2O5. The normalized spacial score (nSPS) is 19.7. The molecule has 3 aromatic rings. The monoisotopic (exact) mass is 440 g/mol. The van der Waals surface area contributed by atoms with Crippen molar-refractivity contribution in [1.82, 2.24) is 4.90 Å². The molecule has 0 saturated heterocycles. The number of fused-ring (bicyclic) bond motifs is 2. The molecule has 0 spiro atoms. The highest BCUT2D eigenvalue weighted by atomic mass is 16.5. The van der Waals surface area contributed by atoms with Gasteiger partial charge in [-0.1, -0.05) is 60.7 Å². The summed E-state index contributed by atoms with van der Waals surface area (Å²) in [7, 11) is 1.20. The predicted molar refractivity (Wildman–Crippen MR) is 120 cm³/mol. The molecule has 3 amide bonds. The zero-order valence-electron chi connectivity index (χ0n) is 17.8. The Morgan fingerprint density at radius 2 is 1.45 bits per heavy atom. The van der Waals surface area contributed by atoms with Crippen molar-refractivity contribution in [2.24, 2.45) is 0 Å². The maximum atomic E-state index is 13.5. The summed E-state index contributed by atoms with van der Waals surface area (Å²) in [5.74, 6) is -2.26. The number of carbonyl (C=O) groups excluding carboxylic acids is 4. The number of benzene rings is 3. The Kier molecular flexibility index (Phi) is 4.82. The molecule has 2 heterocycles. The standard InChI is InChI=1S/C26H20N2O5/c1-33-24(31)21(28-22(29)17-11-5-6-12-18(17)23(28)30)15-26(16-9-3-2-4-10-16)19-13-7-8-14-20(19)27-25(26)32/h2-14,21H,15H2,1H3,(H,27,32)/t21-,26+/m0/s1. The average molecular weight is 440 g/mol. The molecule has 7 nitrogen and oxygen atoms in total. The van der Waals surface area contributed by atoms with Crippen LogP contribution in [-0.4, -0.2) is 41.7 Å². The maximum Gasteiger partial charge on any atom is 0.329 e. The van der Waals surface area contributed by atoms with Crippen LogP contribution in [0.2, 0.25) is 0 Å². The van der Waals surface area contributed by atoms with Gasteiger partial charge in [-0.2, -0.15) is 0 Å². The van der Waals surface area contributed by atoms with Crippen LogP contribution in [0.15, 0.2) is 78.9 Å². The van der Waals surface area contributed by atoms with Crippen molar-refractivity contribution in [2.45, 2.75) is 17.9 Å². The van der Waals surface area contributed by atoms with Gasteiger partial charge in [0.1, 0.15) is 11.5 Å². The number of para-hydroxylation sites is 1. The van der Waals surface area contributed by atoms with Crippen LogP contribution < -0.4 is 5.32 Å². The number of nitrogens with one attached hydrogen (secondary N) is 1. The number of rotatable bonds is 5. The fourth-order valence-corrected chi connectivity index (χ4v) is 4.84. The van der Waals surface area contributed by atoms with Gasteiger partial charge in [-0.3, -0.25) is 19.3 Å². The van der Waals surface area contributed by atoms with E-state index in [0.717, 1.165) is 4.90 Å².